The highest BCUT2D eigenvalue weighted by molar-refractivity contribution is 5.89. The zero-order valence-corrected chi connectivity index (χ0v) is 45.5. The van der Waals surface area contributed by atoms with E-state index in [1.165, 1.54) is 41.2 Å². The first-order valence-electron chi connectivity index (χ1n) is 27.4. The second kappa shape index (κ2) is 26.2. The van der Waals surface area contributed by atoms with Crippen LogP contribution in [-0.4, -0.2) is 66.7 Å². The predicted octanol–water partition coefficient (Wildman–Crippen LogP) is 12.8. The average Bonchev–Trinajstić information content (AvgIpc) is 3.66. The average molecular weight is 1140 g/mol. The van der Waals surface area contributed by atoms with Crippen LogP contribution in [0.5, 0.6) is 0 Å². The van der Waals surface area contributed by atoms with E-state index in [-0.39, 0.29) is 40.3 Å². The lowest BCUT2D eigenvalue weighted by Gasteiger charge is -2.32. The van der Waals surface area contributed by atoms with Crippen LogP contribution in [0, 0.1) is 0 Å². The lowest BCUT2D eigenvalue weighted by Crippen LogP contribution is -2.42. The first kappa shape index (κ1) is 57.7. The number of Topliss-reactive ketones (excluding diaryl/α,β-unsaturated/α-hetero) is 1. The van der Waals surface area contributed by atoms with Crippen molar-refractivity contribution in [3.8, 4) is 44.8 Å². The van der Waals surface area contributed by atoms with E-state index in [2.05, 4.69) is 27.3 Å². The van der Waals surface area contributed by atoms with Crippen LogP contribution in [0.25, 0.3) is 44.8 Å². The third-order valence-corrected chi connectivity index (χ3v) is 14.4. The molecule has 9 aromatic rings. The van der Waals surface area contributed by atoms with E-state index in [0.29, 0.717) is 100 Å². The summed E-state index contributed by atoms with van der Waals surface area (Å²) in [6.07, 6.45) is 0.706. The van der Waals surface area contributed by atoms with Gasteiger partial charge in [-0.25, -0.2) is 9.97 Å². The number of halogens is 6. The number of benzene rings is 5. The van der Waals surface area contributed by atoms with Gasteiger partial charge >= 0.3 is 12.4 Å². The van der Waals surface area contributed by atoms with Crippen molar-refractivity contribution in [1.29, 1.82) is 0 Å². The van der Waals surface area contributed by atoms with Crippen LogP contribution in [0.2, 0.25) is 0 Å². The molecule has 2 aliphatic heterocycles. The van der Waals surface area contributed by atoms with Gasteiger partial charge in [0.15, 0.2) is 5.78 Å². The third-order valence-electron chi connectivity index (χ3n) is 14.4. The zero-order valence-electron chi connectivity index (χ0n) is 45.5. The zero-order chi connectivity index (χ0) is 58.6. The quantitative estimate of drug-likeness (QED) is 0.0491. The molecular weight excluding hydrogens is 1080 g/mol. The summed E-state index contributed by atoms with van der Waals surface area (Å²) >= 11 is 0. The van der Waals surface area contributed by atoms with Crippen LogP contribution >= 0.6 is 0 Å². The fourth-order valence-electron chi connectivity index (χ4n) is 10.3. The van der Waals surface area contributed by atoms with Crippen LogP contribution in [0.3, 0.4) is 0 Å². The van der Waals surface area contributed by atoms with Gasteiger partial charge in [0.1, 0.15) is 6.61 Å². The van der Waals surface area contributed by atoms with Crippen molar-refractivity contribution in [2.24, 2.45) is 5.16 Å². The maximum Gasteiger partial charge on any atom is 0.416 e. The molecule has 11 rings (SSSR count). The van der Waals surface area contributed by atoms with Crippen molar-refractivity contribution in [2.75, 3.05) is 36.0 Å². The molecule has 0 spiro atoms. The molecule has 6 heterocycles. The Bertz CT molecular complexity index is 3870. The van der Waals surface area contributed by atoms with Gasteiger partial charge in [0.2, 0.25) is 11.9 Å². The van der Waals surface area contributed by atoms with Gasteiger partial charge in [0.05, 0.1) is 52.4 Å². The fraction of sp³-hybridized carbons (Fsp3) is 0.231. The number of carbonyl (C=O) groups excluding carboxylic acids is 1. The lowest BCUT2D eigenvalue weighted by molar-refractivity contribution is -0.138. The smallest absolute Gasteiger partial charge is 0.391 e. The SMILES string of the molecule is O=C(CCc1ccccc1)CN1CCCn2c1nc(-c1ccncc1)c(-c1cccc(C(F)(F)F)c1)c2=O.O=c1c(-c2cccc(C(F)(F)F)c2)c(-c2ccncc2)nc2n1CCCN2C/C(CCc1ccccc1)=N/OCc1ccccc1. The maximum atomic E-state index is 14.2. The second-order valence-electron chi connectivity index (χ2n) is 20.3. The molecule has 0 saturated carbocycles. The fourth-order valence-corrected chi connectivity index (χ4v) is 10.3. The van der Waals surface area contributed by atoms with Gasteiger partial charge in [-0.3, -0.25) is 33.5 Å². The van der Waals surface area contributed by atoms with E-state index >= 15 is 0 Å². The van der Waals surface area contributed by atoms with Crippen LogP contribution in [0.4, 0.5) is 38.2 Å². The molecule has 0 bridgehead atoms. The number of nitrogens with zero attached hydrogens (tertiary/aromatic N) is 9. The summed E-state index contributed by atoms with van der Waals surface area (Å²) in [4.78, 5) is 68.4. The van der Waals surface area contributed by atoms with E-state index in [1.807, 2.05) is 83.8 Å². The van der Waals surface area contributed by atoms with Gasteiger partial charge in [-0.15, -0.1) is 0 Å². The van der Waals surface area contributed by atoms with Crippen LogP contribution in [0.1, 0.15) is 53.5 Å². The molecule has 428 valence electrons. The molecule has 0 saturated heterocycles. The molecule has 0 atom stereocenters. The van der Waals surface area contributed by atoms with E-state index < -0.39 is 34.6 Å². The molecule has 0 amide bonds. The normalized spacial score (nSPS) is 13.3. The molecule has 5 aromatic carbocycles. The molecule has 0 N–H and O–H groups in total. The van der Waals surface area contributed by atoms with Crippen LogP contribution < -0.4 is 20.9 Å². The summed E-state index contributed by atoms with van der Waals surface area (Å²) in [6, 6.07) is 45.9. The molecule has 2 aliphatic rings. The summed E-state index contributed by atoms with van der Waals surface area (Å²) in [5.41, 5.74) is 3.68. The van der Waals surface area contributed by atoms with E-state index in [9.17, 15) is 40.7 Å². The predicted molar refractivity (Wildman–Crippen MR) is 311 cm³/mol. The number of fused-ring (bicyclic) bond motifs is 2. The number of hydrogen-bond donors (Lipinski definition) is 0. The summed E-state index contributed by atoms with van der Waals surface area (Å²) in [7, 11) is 0. The molecule has 0 unspecified atom stereocenters. The Labute approximate surface area is 480 Å². The summed E-state index contributed by atoms with van der Waals surface area (Å²) in [6.45, 7) is 2.69. The number of carbonyl (C=O) groups is 1. The number of hydrogen-bond acceptors (Lipinski definition) is 11. The number of anilines is 2. The van der Waals surface area contributed by atoms with Gasteiger partial charge in [-0.2, -0.15) is 26.3 Å². The Balaban J connectivity index is 0.000000191. The Morgan fingerprint density at radius 3 is 1.37 bits per heavy atom. The highest BCUT2D eigenvalue weighted by atomic mass is 19.4. The summed E-state index contributed by atoms with van der Waals surface area (Å²) in [5, 5.41) is 4.55. The number of oxime groups is 1. The molecule has 4 aromatic heterocycles. The molecule has 0 radical (unpaired) electrons. The van der Waals surface area contributed by atoms with Crippen molar-refractivity contribution in [3.63, 3.8) is 0 Å². The van der Waals surface area contributed by atoms with Gasteiger partial charge in [0, 0.05) is 68.5 Å². The molecule has 13 nitrogen and oxygen atoms in total. The maximum absolute atomic E-state index is 14.2. The number of pyridine rings is 2. The minimum absolute atomic E-state index is 0.0176. The van der Waals surface area contributed by atoms with Crippen molar-refractivity contribution < 1.29 is 36.0 Å². The van der Waals surface area contributed by atoms with Crippen LogP contribution in [-0.2, 0) is 54.5 Å². The molecular formula is C65H57F6N9O4. The molecule has 0 aliphatic carbocycles. The second-order valence-corrected chi connectivity index (χ2v) is 20.3. The Morgan fingerprint density at radius 1 is 0.488 bits per heavy atom. The van der Waals surface area contributed by atoms with Gasteiger partial charge in [-0.05, 0) is 108 Å². The minimum Gasteiger partial charge on any atom is -0.391 e. The first-order chi connectivity index (χ1) is 40.7. The number of ketones is 1. The van der Waals surface area contributed by atoms with Gasteiger partial charge in [-0.1, -0.05) is 120 Å². The standard InChI is InChI=1S/C36H32F3N5O2.C29H25F3N4O2/c37-36(38,39)30-14-7-13-29(23-30)32-33(28-17-19-40-20-18-28)41-35-43(21-8-22-44(35)34(32)45)24-31(16-15-26-9-3-1-4-10-26)42-46-25-27-11-5-2-6-12-27;30-29(31,32)23-9-4-8-22(18-23)25-26(21-12-14-33-15-13-21)34-28-35(16-5-17-36(28)27(25)38)19-24(37)11-10-20-6-2-1-3-7-20/h1-7,9-14,17-20,23H,8,15-16,21-22,24-25H2;1-4,6-9,12-15,18H,5,10-11,16-17,19H2/b42-31+;. The molecule has 19 heteroatoms. The van der Waals surface area contributed by atoms with Crippen molar-refractivity contribution in [2.45, 2.75) is 70.6 Å². The lowest BCUT2D eigenvalue weighted by atomic mass is 9.99. The Morgan fingerprint density at radius 2 is 0.917 bits per heavy atom. The highest BCUT2D eigenvalue weighted by Gasteiger charge is 2.34. The minimum atomic E-state index is -4.56. The van der Waals surface area contributed by atoms with Gasteiger partial charge < -0.3 is 14.6 Å². The first-order valence-corrected chi connectivity index (χ1v) is 27.4. The molecule has 84 heavy (non-hydrogen) atoms. The van der Waals surface area contributed by atoms with E-state index in [1.54, 1.807) is 46.1 Å². The topological polar surface area (TPSA) is 141 Å². The van der Waals surface area contributed by atoms with E-state index in [0.717, 1.165) is 53.1 Å². The Kier molecular flexibility index (Phi) is 18.0. The van der Waals surface area contributed by atoms with Crippen molar-refractivity contribution in [1.82, 2.24) is 29.1 Å². The number of alkyl halides is 6. The third kappa shape index (κ3) is 14.0. The largest absolute Gasteiger partial charge is 0.416 e. The van der Waals surface area contributed by atoms with Gasteiger partial charge in [0.25, 0.3) is 11.1 Å². The van der Waals surface area contributed by atoms with Crippen molar-refractivity contribution in [3.05, 3.63) is 237 Å². The van der Waals surface area contributed by atoms with Crippen LogP contribution in [0.15, 0.2) is 203 Å². The highest BCUT2D eigenvalue weighted by Crippen LogP contribution is 2.37. The number of rotatable bonds is 17. The molecule has 0 fully saturated rings. The number of aryl methyl sites for hydroxylation is 2. The van der Waals surface area contributed by atoms with E-state index in [4.69, 9.17) is 14.8 Å². The number of aromatic nitrogens is 6. The van der Waals surface area contributed by atoms with Crippen molar-refractivity contribution >= 4 is 23.4 Å². The summed E-state index contributed by atoms with van der Waals surface area (Å²) < 4.78 is 84.5. The summed E-state index contributed by atoms with van der Waals surface area (Å²) in [5.74, 6) is 0.801. The Hall–Kier alpha value is -9.52. The monoisotopic (exact) mass is 1140 g/mol.